The van der Waals surface area contributed by atoms with Gasteiger partial charge in [-0.15, -0.1) is 11.3 Å². The zero-order valence-electron chi connectivity index (χ0n) is 14.7. The van der Waals surface area contributed by atoms with Crippen molar-refractivity contribution in [3.63, 3.8) is 0 Å². The largest absolute Gasteiger partial charge is 0.480 e. The molecule has 0 bridgehead atoms. The third-order valence-electron chi connectivity index (χ3n) is 5.03. The van der Waals surface area contributed by atoms with Crippen molar-refractivity contribution in [2.24, 2.45) is 5.92 Å². The Morgan fingerprint density at radius 3 is 2.76 bits per heavy atom. The predicted molar refractivity (Wildman–Crippen MR) is 96.7 cm³/mol. The van der Waals surface area contributed by atoms with Crippen LogP contribution in [0.4, 0.5) is 0 Å². The summed E-state index contributed by atoms with van der Waals surface area (Å²) in [5.74, 6) is 0.0233. The van der Waals surface area contributed by atoms with Crippen LogP contribution < -0.4 is 5.32 Å². The van der Waals surface area contributed by atoms with Crippen LogP contribution in [0.1, 0.15) is 49.2 Å². The van der Waals surface area contributed by atoms with E-state index in [1.165, 1.54) is 12.8 Å². The number of carboxylic acid groups (broad SMARTS) is 1. The Hall–Kier alpha value is -1.47. The Morgan fingerprint density at radius 2 is 2.16 bits per heavy atom. The number of hydrogen-bond donors (Lipinski definition) is 2. The first kappa shape index (κ1) is 18.3. The van der Waals surface area contributed by atoms with Crippen LogP contribution in [0.3, 0.4) is 0 Å². The summed E-state index contributed by atoms with van der Waals surface area (Å²) in [4.78, 5) is 29.6. The highest BCUT2D eigenvalue weighted by atomic mass is 32.1. The number of carbonyl (C=O) groups excluding carboxylic acids is 1. The zero-order valence-corrected chi connectivity index (χ0v) is 15.6. The van der Waals surface area contributed by atoms with Crippen molar-refractivity contribution < 1.29 is 14.7 Å². The minimum atomic E-state index is -0.759. The fourth-order valence-electron chi connectivity index (χ4n) is 3.41. The maximum absolute atomic E-state index is 12.0. The van der Waals surface area contributed by atoms with Crippen molar-refractivity contribution in [2.45, 2.75) is 64.0 Å². The molecule has 3 rings (SSSR count). The van der Waals surface area contributed by atoms with Crippen LogP contribution in [0.25, 0.3) is 0 Å². The van der Waals surface area contributed by atoms with Gasteiger partial charge in [0.05, 0.1) is 17.2 Å². The molecular weight excluding hydrogens is 338 g/mol. The fraction of sp³-hybridized carbons (Fsp3) is 0.722. The number of aryl methyl sites for hydroxylation is 2. The van der Waals surface area contributed by atoms with Crippen LogP contribution in [0.15, 0.2) is 5.38 Å². The summed E-state index contributed by atoms with van der Waals surface area (Å²) < 4.78 is 0. The Labute approximate surface area is 152 Å². The molecule has 2 saturated carbocycles. The summed E-state index contributed by atoms with van der Waals surface area (Å²) in [7, 11) is 0. The molecule has 7 heteroatoms. The summed E-state index contributed by atoms with van der Waals surface area (Å²) >= 11 is 1.64. The molecule has 138 valence electrons. The molecule has 2 aliphatic carbocycles. The molecule has 0 radical (unpaired) electrons. The predicted octanol–water partition coefficient (Wildman–Crippen LogP) is 2.22. The maximum Gasteiger partial charge on any atom is 0.317 e. The number of hydrogen-bond acceptors (Lipinski definition) is 5. The molecule has 0 atom stereocenters. The molecule has 6 nitrogen and oxygen atoms in total. The molecule has 25 heavy (non-hydrogen) atoms. The van der Waals surface area contributed by atoms with E-state index in [9.17, 15) is 9.59 Å². The SMILES string of the molecule is Cc1nc(CCCC(=O)NC2CC(N(CC(=O)O)CC3CC3)C2)cs1. The number of thiazole rings is 1. The molecule has 0 saturated heterocycles. The van der Waals surface area contributed by atoms with E-state index in [1.54, 1.807) is 11.3 Å². The summed E-state index contributed by atoms with van der Waals surface area (Å²) in [6.45, 7) is 3.00. The van der Waals surface area contributed by atoms with E-state index in [2.05, 4.69) is 20.6 Å². The van der Waals surface area contributed by atoms with Crippen molar-refractivity contribution in [2.75, 3.05) is 13.1 Å². The number of aliphatic carboxylic acids is 1. The zero-order chi connectivity index (χ0) is 17.8. The summed E-state index contributed by atoms with van der Waals surface area (Å²) in [6.07, 6.45) is 6.38. The second kappa shape index (κ2) is 8.27. The Balaban J connectivity index is 1.32. The molecule has 0 spiro atoms. The number of aromatic nitrogens is 1. The van der Waals surface area contributed by atoms with E-state index < -0.39 is 5.97 Å². The van der Waals surface area contributed by atoms with Crippen LogP contribution >= 0.6 is 11.3 Å². The van der Waals surface area contributed by atoms with Crippen molar-refractivity contribution in [1.82, 2.24) is 15.2 Å². The molecule has 0 aliphatic heterocycles. The highest BCUT2D eigenvalue weighted by molar-refractivity contribution is 7.09. The minimum absolute atomic E-state index is 0.0994. The minimum Gasteiger partial charge on any atom is -0.480 e. The first-order chi connectivity index (χ1) is 12.0. The molecule has 2 fully saturated rings. The van der Waals surface area contributed by atoms with Gasteiger partial charge in [-0.25, -0.2) is 4.98 Å². The van der Waals surface area contributed by atoms with E-state index >= 15 is 0 Å². The molecule has 1 aromatic heterocycles. The standard InChI is InChI=1S/C18H27N3O3S/c1-12-19-14(11-25-12)3-2-4-17(22)20-15-7-16(8-15)21(10-18(23)24)9-13-5-6-13/h11,13,15-16H,2-10H2,1H3,(H,20,22)(H,23,24). The van der Waals surface area contributed by atoms with Gasteiger partial charge >= 0.3 is 5.97 Å². The van der Waals surface area contributed by atoms with Crippen LogP contribution in [-0.2, 0) is 16.0 Å². The maximum atomic E-state index is 12.0. The molecular formula is C18H27N3O3S. The lowest BCUT2D eigenvalue weighted by atomic mass is 9.85. The van der Waals surface area contributed by atoms with Gasteiger partial charge in [0.2, 0.25) is 5.91 Å². The van der Waals surface area contributed by atoms with Gasteiger partial charge in [-0.3, -0.25) is 14.5 Å². The van der Waals surface area contributed by atoms with E-state index in [4.69, 9.17) is 5.11 Å². The molecule has 1 amide bonds. The third-order valence-corrected chi connectivity index (χ3v) is 5.85. The number of nitrogens with one attached hydrogen (secondary N) is 1. The Kier molecular flexibility index (Phi) is 6.06. The lowest BCUT2D eigenvalue weighted by Gasteiger charge is -2.42. The molecule has 0 aromatic carbocycles. The van der Waals surface area contributed by atoms with E-state index in [0.717, 1.165) is 42.9 Å². The van der Waals surface area contributed by atoms with Crippen molar-refractivity contribution in [3.8, 4) is 0 Å². The van der Waals surface area contributed by atoms with Gasteiger partial charge in [-0.1, -0.05) is 0 Å². The summed E-state index contributed by atoms with van der Waals surface area (Å²) in [5, 5.41) is 15.3. The number of carbonyl (C=O) groups is 2. The van der Waals surface area contributed by atoms with Gasteiger partial charge in [0, 0.05) is 30.4 Å². The van der Waals surface area contributed by atoms with Gasteiger partial charge in [-0.2, -0.15) is 0 Å². The highest BCUT2D eigenvalue weighted by Gasteiger charge is 2.37. The first-order valence-corrected chi connectivity index (χ1v) is 10.0. The van der Waals surface area contributed by atoms with Gasteiger partial charge < -0.3 is 10.4 Å². The number of carboxylic acids is 1. The van der Waals surface area contributed by atoms with Gasteiger partial charge in [0.1, 0.15) is 0 Å². The average molecular weight is 365 g/mol. The van der Waals surface area contributed by atoms with Gasteiger partial charge in [0.15, 0.2) is 0 Å². The second-order valence-corrected chi connectivity index (χ2v) is 8.43. The molecule has 1 heterocycles. The number of amides is 1. The molecule has 1 aromatic rings. The molecule has 0 unspecified atom stereocenters. The van der Waals surface area contributed by atoms with Gasteiger partial charge in [0.25, 0.3) is 0 Å². The quantitative estimate of drug-likeness (QED) is 0.664. The molecule has 2 aliphatic rings. The van der Waals surface area contributed by atoms with E-state index in [0.29, 0.717) is 18.4 Å². The monoisotopic (exact) mass is 365 g/mol. The first-order valence-electron chi connectivity index (χ1n) is 9.16. The average Bonchev–Trinajstić information content (AvgIpc) is 3.22. The topological polar surface area (TPSA) is 82.5 Å². The lowest BCUT2D eigenvalue weighted by molar-refractivity contribution is -0.140. The van der Waals surface area contributed by atoms with E-state index in [-0.39, 0.29) is 18.5 Å². The van der Waals surface area contributed by atoms with Gasteiger partial charge in [-0.05, 0) is 51.4 Å². The summed E-state index contributed by atoms with van der Waals surface area (Å²) in [5.41, 5.74) is 1.07. The highest BCUT2D eigenvalue weighted by Crippen LogP contribution is 2.33. The van der Waals surface area contributed by atoms with Crippen LogP contribution in [-0.4, -0.2) is 52.0 Å². The normalized spacial score (nSPS) is 22.6. The number of nitrogens with zero attached hydrogens (tertiary/aromatic N) is 2. The fourth-order valence-corrected chi connectivity index (χ4v) is 4.05. The van der Waals surface area contributed by atoms with E-state index in [1.807, 2.05) is 6.92 Å². The van der Waals surface area contributed by atoms with Crippen molar-refractivity contribution in [1.29, 1.82) is 0 Å². The van der Waals surface area contributed by atoms with Crippen molar-refractivity contribution >= 4 is 23.2 Å². The number of rotatable bonds is 10. The smallest absolute Gasteiger partial charge is 0.317 e. The second-order valence-electron chi connectivity index (χ2n) is 7.37. The van der Waals surface area contributed by atoms with Crippen LogP contribution in [0, 0.1) is 12.8 Å². The Morgan fingerprint density at radius 1 is 1.40 bits per heavy atom. The van der Waals surface area contributed by atoms with Crippen LogP contribution in [0.5, 0.6) is 0 Å². The third kappa shape index (κ3) is 5.78. The summed E-state index contributed by atoms with van der Waals surface area (Å²) in [6, 6.07) is 0.509. The molecule has 2 N–H and O–H groups in total. The van der Waals surface area contributed by atoms with Crippen molar-refractivity contribution in [3.05, 3.63) is 16.1 Å². The van der Waals surface area contributed by atoms with Crippen LogP contribution in [0.2, 0.25) is 0 Å². The lowest BCUT2D eigenvalue weighted by Crippen LogP contribution is -2.55. The Bertz CT molecular complexity index is 608.